The number of piperazine rings is 1. The van der Waals surface area contributed by atoms with E-state index >= 15 is 4.39 Å². The van der Waals surface area contributed by atoms with Gasteiger partial charge in [-0.05, 0) is 63.0 Å². The van der Waals surface area contributed by atoms with E-state index in [4.69, 9.17) is 26.3 Å². The molecule has 4 aromatic rings. The van der Waals surface area contributed by atoms with E-state index in [0.717, 1.165) is 44.2 Å². The van der Waals surface area contributed by atoms with Gasteiger partial charge in [-0.15, -0.1) is 0 Å². The molecule has 2 aromatic carbocycles. The zero-order valence-electron chi connectivity index (χ0n) is 24.9. The summed E-state index contributed by atoms with van der Waals surface area (Å²) in [4.78, 5) is 32.8. The molecule has 3 aliphatic heterocycles. The van der Waals surface area contributed by atoms with Gasteiger partial charge in [0.25, 0.3) is 0 Å². The molecule has 230 valence electrons. The number of nitriles is 1. The number of aromatic nitrogens is 3. The van der Waals surface area contributed by atoms with Crippen LogP contribution >= 0.6 is 11.6 Å². The van der Waals surface area contributed by atoms with E-state index in [9.17, 15) is 10.1 Å². The Morgan fingerprint density at radius 2 is 1.98 bits per heavy atom. The van der Waals surface area contributed by atoms with Crippen molar-refractivity contribution < 1.29 is 13.9 Å². The molecular formula is C34H33ClFN7O2. The molecule has 0 spiro atoms. The predicted octanol–water partition coefficient (Wildman–Crippen LogP) is 5.76. The number of benzene rings is 2. The number of halogens is 2. The number of carbonyl (C=O) groups excluding carboxylic acids is 1. The molecule has 0 bridgehead atoms. The van der Waals surface area contributed by atoms with Crippen LogP contribution in [0.1, 0.15) is 32.1 Å². The van der Waals surface area contributed by atoms with Crippen LogP contribution in [0.5, 0.6) is 6.01 Å². The molecule has 7 rings (SSSR count). The molecule has 9 nitrogen and oxygen atoms in total. The lowest BCUT2D eigenvalue weighted by atomic mass is 9.95. The van der Waals surface area contributed by atoms with Gasteiger partial charge in [0.15, 0.2) is 0 Å². The van der Waals surface area contributed by atoms with E-state index < -0.39 is 5.82 Å². The average molecular weight is 626 g/mol. The maximum absolute atomic E-state index is 16.1. The third-order valence-corrected chi connectivity index (χ3v) is 9.93. The Bertz CT molecular complexity index is 1850. The second kappa shape index (κ2) is 11.9. The van der Waals surface area contributed by atoms with Crippen LogP contribution < -0.4 is 9.64 Å². The van der Waals surface area contributed by atoms with Crippen LogP contribution in [0.2, 0.25) is 5.02 Å². The predicted molar refractivity (Wildman–Crippen MR) is 172 cm³/mol. The fraction of sp³-hybridized carbons (Fsp3) is 0.382. The second-order valence-electron chi connectivity index (χ2n) is 12.1. The highest BCUT2D eigenvalue weighted by atomic mass is 35.5. The van der Waals surface area contributed by atoms with Crippen molar-refractivity contribution in [2.24, 2.45) is 0 Å². The summed E-state index contributed by atoms with van der Waals surface area (Å²) in [7, 11) is 0. The van der Waals surface area contributed by atoms with Gasteiger partial charge in [0.05, 0.1) is 29.6 Å². The molecule has 45 heavy (non-hydrogen) atoms. The van der Waals surface area contributed by atoms with Crippen LogP contribution in [0.25, 0.3) is 32.8 Å². The molecule has 2 aromatic heterocycles. The highest BCUT2D eigenvalue weighted by Crippen LogP contribution is 2.40. The molecule has 3 aliphatic rings. The van der Waals surface area contributed by atoms with Gasteiger partial charge in [-0.2, -0.15) is 15.2 Å². The van der Waals surface area contributed by atoms with Crippen LogP contribution in [0.4, 0.5) is 10.2 Å². The summed E-state index contributed by atoms with van der Waals surface area (Å²) in [5.41, 5.74) is 1.40. The fourth-order valence-corrected chi connectivity index (χ4v) is 7.70. The van der Waals surface area contributed by atoms with Crippen LogP contribution in [-0.4, -0.2) is 81.6 Å². The number of rotatable bonds is 7. The largest absolute Gasteiger partial charge is 0.461 e. The maximum atomic E-state index is 16.1. The topological polar surface area (TPSA) is 98.5 Å². The lowest BCUT2D eigenvalue weighted by molar-refractivity contribution is -0.128. The van der Waals surface area contributed by atoms with Gasteiger partial charge in [0.1, 0.15) is 18.2 Å². The molecule has 0 saturated carbocycles. The Labute approximate surface area is 265 Å². The molecule has 0 aliphatic carbocycles. The van der Waals surface area contributed by atoms with Gasteiger partial charge < -0.3 is 14.5 Å². The maximum Gasteiger partial charge on any atom is 0.319 e. The SMILES string of the molecule is C=CC(=O)N1CCN(c2nc(OCC34CCCN3CCC4)nc3cc(-c4cncc5cccc(Cl)c45)c(F)cc23)C[C@@H]1CC#N. The molecule has 3 fully saturated rings. The Kier molecular flexibility index (Phi) is 7.76. The quantitative estimate of drug-likeness (QED) is 0.239. The van der Waals surface area contributed by atoms with Crippen LogP contribution in [0.15, 0.2) is 55.4 Å². The first kappa shape index (κ1) is 29.4. The minimum absolute atomic E-state index is 0.00756. The molecule has 0 N–H and O–H groups in total. The number of hydrogen-bond acceptors (Lipinski definition) is 8. The molecule has 11 heteroatoms. The molecule has 0 unspecified atom stereocenters. The first-order chi connectivity index (χ1) is 21.9. The minimum Gasteiger partial charge on any atom is -0.461 e. The molecule has 1 amide bonds. The monoisotopic (exact) mass is 625 g/mol. The fourth-order valence-electron chi connectivity index (χ4n) is 7.41. The van der Waals surface area contributed by atoms with Gasteiger partial charge in [-0.1, -0.05) is 30.3 Å². The summed E-state index contributed by atoms with van der Waals surface area (Å²) in [6.07, 6.45) is 9.18. The van der Waals surface area contributed by atoms with E-state index in [1.165, 1.54) is 12.1 Å². The van der Waals surface area contributed by atoms with E-state index in [0.29, 0.717) is 64.5 Å². The zero-order valence-corrected chi connectivity index (χ0v) is 25.6. The Morgan fingerprint density at radius 3 is 2.76 bits per heavy atom. The lowest BCUT2D eigenvalue weighted by Gasteiger charge is -2.41. The van der Waals surface area contributed by atoms with Crippen LogP contribution in [-0.2, 0) is 4.79 Å². The van der Waals surface area contributed by atoms with Gasteiger partial charge in [-0.25, -0.2) is 4.39 Å². The number of anilines is 1. The first-order valence-corrected chi connectivity index (χ1v) is 15.8. The van der Waals surface area contributed by atoms with Gasteiger partial charge >= 0.3 is 6.01 Å². The highest BCUT2D eigenvalue weighted by Gasteiger charge is 2.45. The van der Waals surface area contributed by atoms with Crippen molar-refractivity contribution in [2.75, 3.05) is 44.2 Å². The number of nitrogens with zero attached hydrogens (tertiary/aromatic N) is 7. The number of fused-ring (bicyclic) bond motifs is 3. The normalized spacial score (nSPS) is 19.5. The van der Waals surface area contributed by atoms with Crippen molar-refractivity contribution in [2.45, 2.75) is 43.7 Å². The number of carbonyl (C=O) groups is 1. The molecule has 3 saturated heterocycles. The standard InChI is InChI=1S/C34H33ClFN7O2/c1-2-30(44)43-15-14-41(20-23(43)8-11-37)32-25-16-28(36)24(26-19-38-18-22-6-3-7-27(35)31(22)26)17-29(25)39-33(40-32)45-21-34-9-4-12-42(34)13-5-10-34/h2-3,6-7,16-19,23H,1,4-5,8-10,12-15,20-21H2/t23-/m0/s1. The minimum atomic E-state index is -0.462. The molecular weight excluding hydrogens is 593 g/mol. The van der Waals surface area contributed by atoms with Gasteiger partial charge in [0, 0.05) is 64.3 Å². The summed E-state index contributed by atoms with van der Waals surface area (Å²) in [6, 6.07) is 10.7. The molecule has 1 atom stereocenters. The van der Waals surface area contributed by atoms with Crippen LogP contribution in [0.3, 0.4) is 0 Å². The summed E-state index contributed by atoms with van der Waals surface area (Å²) < 4.78 is 22.5. The third-order valence-electron chi connectivity index (χ3n) is 9.61. The zero-order chi connectivity index (χ0) is 31.1. The van der Waals surface area contributed by atoms with Crippen molar-refractivity contribution in [1.29, 1.82) is 5.26 Å². The van der Waals surface area contributed by atoms with Crippen molar-refractivity contribution >= 4 is 45.0 Å². The Morgan fingerprint density at radius 1 is 1.16 bits per heavy atom. The van der Waals surface area contributed by atoms with Crippen molar-refractivity contribution in [3.05, 3.63) is 66.2 Å². The van der Waals surface area contributed by atoms with E-state index in [2.05, 4.69) is 22.5 Å². The number of pyridine rings is 1. The average Bonchev–Trinajstić information content (AvgIpc) is 3.64. The van der Waals surface area contributed by atoms with E-state index in [1.54, 1.807) is 29.4 Å². The Hall–Kier alpha value is -4.33. The summed E-state index contributed by atoms with van der Waals surface area (Å²) in [6.45, 7) is 7.41. The van der Waals surface area contributed by atoms with Gasteiger partial charge in [0.2, 0.25) is 5.91 Å². The lowest BCUT2D eigenvalue weighted by Crippen LogP contribution is -2.55. The van der Waals surface area contributed by atoms with Crippen molar-refractivity contribution in [3.8, 4) is 23.2 Å². The number of ether oxygens (including phenoxy) is 1. The first-order valence-electron chi connectivity index (χ1n) is 15.4. The third kappa shape index (κ3) is 5.24. The van der Waals surface area contributed by atoms with Crippen molar-refractivity contribution in [1.82, 2.24) is 24.8 Å². The van der Waals surface area contributed by atoms with Crippen molar-refractivity contribution in [3.63, 3.8) is 0 Å². The second-order valence-corrected chi connectivity index (χ2v) is 12.5. The van der Waals surface area contributed by atoms with E-state index in [-0.39, 0.29) is 29.9 Å². The van der Waals surface area contributed by atoms with Crippen LogP contribution in [0, 0.1) is 17.1 Å². The summed E-state index contributed by atoms with van der Waals surface area (Å²) in [5, 5.41) is 12.1. The Balaban J connectivity index is 1.33. The molecule has 5 heterocycles. The smallest absolute Gasteiger partial charge is 0.319 e. The number of amides is 1. The highest BCUT2D eigenvalue weighted by molar-refractivity contribution is 6.36. The molecule has 0 radical (unpaired) electrons. The number of hydrogen-bond donors (Lipinski definition) is 0. The summed E-state index contributed by atoms with van der Waals surface area (Å²) in [5.74, 6) is -0.174. The summed E-state index contributed by atoms with van der Waals surface area (Å²) >= 11 is 6.60. The van der Waals surface area contributed by atoms with Gasteiger partial charge in [-0.3, -0.25) is 14.7 Å². The van der Waals surface area contributed by atoms with E-state index in [1.807, 2.05) is 17.0 Å².